The lowest BCUT2D eigenvalue weighted by Crippen LogP contribution is -2.31. The van der Waals surface area contributed by atoms with Crippen LogP contribution in [0.25, 0.3) is 0 Å². The Balaban J connectivity index is 1.70. The highest BCUT2D eigenvalue weighted by Gasteiger charge is 2.57. The fourth-order valence-corrected chi connectivity index (χ4v) is 3.26. The number of carbonyl (C=O) groups is 1. The van der Waals surface area contributed by atoms with Crippen LogP contribution in [0.15, 0.2) is 6.33 Å². The Bertz CT molecular complexity index is 496. The average Bonchev–Trinajstić information content (AvgIpc) is 3.08. The Morgan fingerprint density at radius 1 is 1.32 bits per heavy atom. The molecule has 102 valence electrons. The summed E-state index contributed by atoms with van der Waals surface area (Å²) < 4.78 is 0. The number of carbonyl (C=O) groups excluding carboxylic acids is 1. The van der Waals surface area contributed by atoms with Gasteiger partial charge in [-0.1, -0.05) is 23.2 Å². The van der Waals surface area contributed by atoms with E-state index in [-0.39, 0.29) is 27.5 Å². The van der Waals surface area contributed by atoms with Crippen LogP contribution in [0.3, 0.4) is 0 Å². The van der Waals surface area contributed by atoms with Crippen molar-refractivity contribution in [1.29, 1.82) is 0 Å². The second-order valence-corrected chi connectivity index (χ2v) is 5.90. The van der Waals surface area contributed by atoms with Crippen molar-refractivity contribution >= 4 is 34.8 Å². The van der Waals surface area contributed by atoms with Crippen molar-refractivity contribution in [2.24, 2.45) is 11.3 Å². The van der Waals surface area contributed by atoms with E-state index in [2.05, 4.69) is 20.6 Å². The number of hydrogen-bond donors (Lipinski definition) is 2. The summed E-state index contributed by atoms with van der Waals surface area (Å²) >= 11 is 11.8. The second-order valence-electron chi connectivity index (χ2n) is 5.19. The molecule has 1 saturated carbocycles. The molecule has 7 heteroatoms. The number of anilines is 1. The minimum Gasteiger partial charge on any atom is -0.321 e. The van der Waals surface area contributed by atoms with Crippen molar-refractivity contribution in [3.63, 3.8) is 0 Å². The van der Waals surface area contributed by atoms with Gasteiger partial charge in [0.25, 0.3) is 0 Å². The van der Waals surface area contributed by atoms with Gasteiger partial charge in [0.1, 0.15) is 12.0 Å². The maximum atomic E-state index is 12.2. The topological polar surface area (TPSA) is 66.9 Å². The number of hydrogen-bond acceptors (Lipinski definition) is 4. The lowest BCUT2D eigenvalue weighted by molar-refractivity contribution is -0.118. The average molecular weight is 301 g/mol. The highest BCUT2D eigenvalue weighted by atomic mass is 35.5. The summed E-state index contributed by atoms with van der Waals surface area (Å²) in [5.74, 6) is 0.0300. The zero-order chi connectivity index (χ0) is 13.5. The molecule has 2 aliphatic rings. The molecule has 1 spiro atoms. The van der Waals surface area contributed by atoms with Gasteiger partial charge in [-0.05, 0) is 37.8 Å². The maximum absolute atomic E-state index is 12.2. The van der Waals surface area contributed by atoms with Gasteiger partial charge in [-0.15, -0.1) is 0 Å². The molecule has 2 heterocycles. The first-order valence-electron chi connectivity index (χ1n) is 6.30. The van der Waals surface area contributed by atoms with E-state index in [1.165, 1.54) is 6.33 Å². The van der Waals surface area contributed by atoms with Gasteiger partial charge in [0.2, 0.25) is 5.91 Å². The number of nitrogens with one attached hydrogen (secondary N) is 2. The van der Waals surface area contributed by atoms with Crippen molar-refractivity contribution in [3.8, 4) is 0 Å². The molecule has 1 aliphatic carbocycles. The van der Waals surface area contributed by atoms with Gasteiger partial charge in [-0.3, -0.25) is 4.79 Å². The predicted octanol–water partition coefficient (Wildman–Crippen LogP) is 2.11. The summed E-state index contributed by atoms with van der Waals surface area (Å²) in [6.07, 6.45) is 4.32. The number of amides is 1. The molecule has 1 saturated heterocycles. The maximum Gasteiger partial charge on any atom is 0.228 e. The molecule has 2 N–H and O–H groups in total. The molecule has 0 radical (unpaired) electrons. The first-order chi connectivity index (χ1) is 9.12. The summed E-state index contributed by atoms with van der Waals surface area (Å²) in [6.45, 7) is 1.97. The first kappa shape index (κ1) is 13.1. The van der Waals surface area contributed by atoms with E-state index in [0.29, 0.717) is 5.69 Å². The normalized spacial score (nSPS) is 24.2. The zero-order valence-corrected chi connectivity index (χ0v) is 11.8. The predicted molar refractivity (Wildman–Crippen MR) is 73.3 cm³/mol. The number of piperidine rings is 1. The third-order valence-corrected chi connectivity index (χ3v) is 4.68. The number of nitrogens with zero attached hydrogens (tertiary/aromatic N) is 2. The minimum atomic E-state index is -0.0273. The highest BCUT2D eigenvalue weighted by molar-refractivity contribution is 6.38. The van der Waals surface area contributed by atoms with Crippen LogP contribution in [0.4, 0.5) is 5.69 Å². The van der Waals surface area contributed by atoms with Gasteiger partial charge in [-0.25, -0.2) is 9.97 Å². The Hall–Kier alpha value is -0.910. The zero-order valence-electron chi connectivity index (χ0n) is 10.2. The van der Waals surface area contributed by atoms with Crippen LogP contribution in [0.5, 0.6) is 0 Å². The summed E-state index contributed by atoms with van der Waals surface area (Å²) in [6, 6.07) is 0. The van der Waals surface area contributed by atoms with Crippen molar-refractivity contribution in [1.82, 2.24) is 15.3 Å². The van der Waals surface area contributed by atoms with E-state index in [9.17, 15) is 4.79 Å². The van der Waals surface area contributed by atoms with Crippen LogP contribution in [-0.4, -0.2) is 29.0 Å². The molecule has 1 aromatic rings. The van der Waals surface area contributed by atoms with E-state index in [0.717, 1.165) is 32.4 Å². The summed E-state index contributed by atoms with van der Waals surface area (Å²) in [7, 11) is 0. The van der Waals surface area contributed by atoms with Gasteiger partial charge >= 0.3 is 0 Å². The SMILES string of the molecule is O=C(Nc1c(Cl)ncnc1Cl)C1CC12CCNCC2. The third kappa shape index (κ3) is 2.42. The molecule has 1 atom stereocenters. The third-order valence-electron chi connectivity index (χ3n) is 4.11. The summed E-state index contributed by atoms with van der Waals surface area (Å²) in [5.41, 5.74) is 0.496. The molecule has 0 aromatic carbocycles. The van der Waals surface area contributed by atoms with Crippen LogP contribution in [0.1, 0.15) is 19.3 Å². The quantitative estimate of drug-likeness (QED) is 0.821. The second kappa shape index (κ2) is 4.89. The molecule has 1 aromatic heterocycles. The van der Waals surface area contributed by atoms with Gasteiger partial charge < -0.3 is 10.6 Å². The largest absolute Gasteiger partial charge is 0.321 e. The number of halogens is 2. The molecule has 1 amide bonds. The van der Waals surface area contributed by atoms with Crippen LogP contribution in [-0.2, 0) is 4.79 Å². The van der Waals surface area contributed by atoms with E-state index in [1.54, 1.807) is 0 Å². The molecule has 2 fully saturated rings. The Morgan fingerprint density at radius 3 is 2.58 bits per heavy atom. The molecule has 5 nitrogen and oxygen atoms in total. The smallest absolute Gasteiger partial charge is 0.228 e. The lowest BCUT2D eigenvalue weighted by atomic mass is 9.92. The van der Waals surface area contributed by atoms with Crippen molar-refractivity contribution in [2.75, 3.05) is 18.4 Å². The lowest BCUT2D eigenvalue weighted by Gasteiger charge is -2.23. The van der Waals surface area contributed by atoms with E-state index >= 15 is 0 Å². The standard InChI is InChI=1S/C12H14Cl2N4O/c13-9-8(10(14)17-6-16-9)18-11(19)7-5-12(7)1-3-15-4-2-12/h6-7,15H,1-5H2,(H,18,19). The fraction of sp³-hybridized carbons (Fsp3) is 0.583. The molecular formula is C12H14Cl2N4O. The van der Waals surface area contributed by atoms with Crippen molar-refractivity contribution in [3.05, 3.63) is 16.6 Å². The molecular weight excluding hydrogens is 287 g/mol. The van der Waals surface area contributed by atoms with Gasteiger partial charge in [-0.2, -0.15) is 0 Å². The summed E-state index contributed by atoms with van der Waals surface area (Å²) in [5, 5.41) is 6.43. The first-order valence-corrected chi connectivity index (χ1v) is 7.05. The Kier molecular flexibility index (Phi) is 3.37. The fourth-order valence-electron chi connectivity index (χ4n) is 2.85. The van der Waals surface area contributed by atoms with Crippen LogP contribution >= 0.6 is 23.2 Å². The van der Waals surface area contributed by atoms with Crippen LogP contribution in [0.2, 0.25) is 10.3 Å². The molecule has 1 unspecified atom stereocenters. The monoisotopic (exact) mass is 300 g/mol. The van der Waals surface area contributed by atoms with Gasteiger partial charge in [0.15, 0.2) is 10.3 Å². The number of aromatic nitrogens is 2. The van der Waals surface area contributed by atoms with Crippen LogP contribution < -0.4 is 10.6 Å². The van der Waals surface area contributed by atoms with Crippen molar-refractivity contribution < 1.29 is 4.79 Å². The molecule has 0 bridgehead atoms. The van der Waals surface area contributed by atoms with E-state index in [1.807, 2.05) is 0 Å². The summed E-state index contributed by atoms with van der Waals surface area (Å²) in [4.78, 5) is 19.9. The van der Waals surface area contributed by atoms with E-state index < -0.39 is 0 Å². The minimum absolute atomic E-state index is 0.0273. The van der Waals surface area contributed by atoms with E-state index in [4.69, 9.17) is 23.2 Å². The molecule has 3 rings (SSSR count). The van der Waals surface area contributed by atoms with Gasteiger partial charge in [0, 0.05) is 5.92 Å². The Morgan fingerprint density at radius 2 is 1.95 bits per heavy atom. The molecule has 1 aliphatic heterocycles. The van der Waals surface area contributed by atoms with Crippen LogP contribution in [0, 0.1) is 11.3 Å². The molecule has 19 heavy (non-hydrogen) atoms. The Labute approximate surface area is 121 Å². The van der Waals surface area contributed by atoms with Gasteiger partial charge in [0.05, 0.1) is 0 Å². The highest BCUT2D eigenvalue weighted by Crippen LogP contribution is 2.58. The van der Waals surface area contributed by atoms with Crippen molar-refractivity contribution in [2.45, 2.75) is 19.3 Å². The number of rotatable bonds is 2.